The maximum Gasteiger partial charge on any atom is 0.269 e. The second-order valence-corrected chi connectivity index (χ2v) is 9.14. The molecule has 3 heterocycles. The van der Waals surface area contributed by atoms with Crippen LogP contribution in [0.15, 0.2) is 18.2 Å². The van der Waals surface area contributed by atoms with Crippen LogP contribution < -0.4 is 10.2 Å². The summed E-state index contributed by atoms with van der Waals surface area (Å²) in [4.78, 5) is 23.8. The van der Waals surface area contributed by atoms with E-state index in [2.05, 4.69) is 20.1 Å². The minimum atomic E-state index is -0.607. The van der Waals surface area contributed by atoms with Crippen LogP contribution >= 0.6 is 0 Å². The zero-order valence-electron chi connectivity index (χ0n) is 18.3. The van der Waals surface area contributed by atoms with E-state index in [9.17, 15) is 13.6 Å². The molecule has 1 aromatic heterocycles. The number of hydrogen-bond acceptors (Lipinski definition) is 5. The number of carbonyl (C=O) groups excluding carboxylic acids is 1. The van der Waals surface area contributed by atoms with Crippen molar-refractivity contribution in [2.24, 2.45) is 5.92 Å². The highest BCUT2D eigenvalue weighted by Gasteiger charge is 2.29. The second-order valence-electron chi connectivity index (χ2n) is 9.14. The van der Waals surface area contributed by atoms with Crippen molar-refractivity contribution in [2.75, 3.05) is 64.1 Å². The van der Waals surface area contributed by atoms with Gasteiger partial charge in [0.15, 0.2) is 0 Å². The average Bonchev–Trinajstić information content (AvgIpc) is 3.66. The number of nitrogens with one attached hydrogen (secondary N) is 1. The second kappa shape index (κ2) is 10.7. The molecule has 3 aliphatic rings. The summed E-state index contributed by atoms with van der Waals surface area (Å²) < 4.78 is 26.0. The van der Waals surface area contributed by atoms with Crippen LogP contribution in [0.25, 0.3) is 0 Å². The molecule has 4 rings (SSSR count). The molecule has 6 nitrogen and oxygen atoms in total. The van der Waals surface area contributed by atoms with Crippen molar-refractivity contribution in [1.29, 1.82) is 0 Å². The summed E-state index contributed by atoms with van der Waals surface area (Å²) in [5, 5.41) is 2.99. The van der Waals surface area contributed by atoms with Crippen LogP contribution in [-0.4, -0.2) is 91.9 Å². The minimum absolute atomic E-state index is 0.0863. The summed E-state index contributed by atoms with van der Waals surface area (Å²) in [5.41, 5.74) is 0.488. The van der Waals surface area contributed by atoms with E-state index in [1.54, 1.807) is 6.07 Å². The van der Waals surface area contributed by atoms with Gasteiger partial charge < -0.3 is 10.2 Å². The number of rotatable bonds is 8. The lowest BCUT2D eigenvalue weighted by atomic mass is 10.0. The third-order valence-corrected chi connectivity index (χ3v) is 6.96. The van der Waals surface area contributed by atoms with E-state index in [-0.39, 0.29) is 5.91 Å². The molecule has 1 N–H and O–H groups in total. The lowest BCUT2D eigenvalue weighted by Crippen LogP contribution is -2.50. The third-order valence-electron chi connectivity index (χ3n) is 6.96. The quantitative estimate of drug-likeness (QED) is 0.680. The number of likely N-dealkylation sites (tertiary alicyclic amines) is 1. The molecule has 2 saturated heterocycles. The van der Waals surface area contributed by atoms with Crippen molar-refractivity contribution in [2.45, 2.75) is 44.2 Å². The Morgan fingerprint density at radius 2 is 1.81 bits per heavy atom. The van der Waals surface area contributed by atoms with Crippen molar-refractivity contribution in [3.63, 3.8) is 0 Å². The number of alkyl halides is 2. The molecule has 0 atom stereocenters. The number of anilines is 1. The van der Waals surface area contributed by atoms with Crippen LogP contribution in [-0.2, 0) is 0 Å². The molecule has 1 aliphatic carbocycles. The number of carbonyl (C=O) groups is 1. The van der Waals surface area contributed by atoms with Crippen LogP contribution in [0.3, 0.4) is 0 Å². The van der Waals surface area contributed by atoms with Gasteiger partial charge in [-0.3, -0.25) is 14.6 Å². The van der Waals surface area contributed by atoms with Gasteiger partial charge >= 0.3 is 0 Å². The van der Waals surface area contributed by atoms with E-state index < -0.39 is 19.4 Å². The Kier molecular flexibility index (Phi) is 7.72. The number of pyridine rings is 1. The van der Waals surface area contributed by atoms with Gasteiger partial charge in [-0.05, 0) is 50.2 Å². The molecule has 8 heteroatoms. The van der Waals surface area contributed by atoms with Crippen molar-refractivity contribution >= 4 is 11.7 Å². The number of aromatic nitrogens is 1. The molecular weight excluding hydrogens is 400 g/mol. The van der Waals surface area contributed by atoms with E-state index in [0.717, 1.165) is 70.9 Å². The summed E-state index contributed by atoms with van der Waals surface area (Å²) in [7, 11) is 0. The normalized spacial score (nSPS) is 22.0. The van der Waals surface area contributed by atoms with E-state index in [1.807, 2.05) is 17.0 Å². The highest BCUT2D eigenvalue weighted by atomic mass is 19.1. The van der Waals surface area contributed by atoms with Gasteiger partial charge in [0, 0.05) is 51.9 Å². The van der Waals surface area contributed by atoms with Crippen LogP contribution in [0.4, 0.5) is 14.6 Å². The first-order valence-electron chi connectivity index (χ1n) is 11.8. The van der Waals surface area contributed by atoms with Crippen LogP contribution in [0.1, 0.15) is 42.6 Å². The molecule has 0 bridgehead atoms. The fourth-order valence-corrected chi connectivity index (χ4v) is 4.76. The van der Waals surface area contributed by atoms with Gasteiger partial charge in [0.05, 0.1) is 6.04 Å². The molecule has 172 valence electrons. The smallest absolute Gasteiger partial charge is 0.269 e. The van der Waals surface area contributed by atoms with Crippen LogP contribution in [0.2, 0.25) is 0 Å². The molecule has 0 aromatic carbocycles. The molecule has 0 unspecified atom stereocenters. The monoisotopic (exact) mass is 435 g/mol. The van der Waals surface area contributed by atoms with Gasteiger partial charge in [0.1, 0.15) is 24.9 Å². The number of halogens is 2. The number of hydrogen-bond donors (Lipinski definition) is 1. The first-order chi connectivity index (χ1) is 15.2. The minimum Gasteiger partial charge on any atom is -0.355 e. The highest BCUT2D eigenvalue weighted by Crippen LogP contribution is 2.27. The summed E-state index contributed by atoms with van der Waals surface area (Å²) in [6.45, 7) is 4.83. The number of nitrogens with zero attached hydrogens (tertiary/aromatic N) is 4. The van der Waals surface area contributed by atoms with Gasteiger partial charge in [-0.2, -0.15) is 0 Å². The fourth-order valence-electron chi connectivity index (χ4n) is 4.76. The van der Waals surface area contributed by atoms with E-state index >= 15 is 0 Å². The zero-order chi connectivity index (χ0) is 21.6. The molecule has 3 fully saturated rings. The Bertz CT molecular complexity index is 720. The maximum absolute atomic E-state index is 13.0. The average molecular weight is 436 g/mol. The SMILES string of the molecule is O=C(NCC1CC1)c1cccc(N2CCCN(C3CCN(C(CF)CF)CC3)CC2)n1. The first-order valence-corrected chi connectivity index (χ1v) is 11.8. The fraction of sp³-hybridized carbons (Fsp3) is 0.739. The summed E-state index contributed by atoms with van der Waals surface area (Å²) in [5.74, 6) is 1.43. The van der Waals surface area contributed by atoms with E-state index in [4.69, 9.17) is 0 Å². The molecule has 1 saturated carbocycles. The van der Waals surface area contributed by atoms with E-state index in [0.29, 0.717) is 17.7 Å². The van der Waals surface area contributed by atoms with Crippen molar-refractivity contribution in [3.05, 3.63) is 23.9 Å². The van der Waals surface area contributed by atoms with Gasteiger partial charge in [-0.15, -0.1) is 0 Å². The third kappa shape index (κ3) is 5.92. The van der Waals surface area contributed by atoms with Gasteiger partial charge in [-0.25, -0.2) is 13.8 Å². The lowest BCUT2D eigenvalue weighted by Gasteiger charge is -2.40. The molecule has 2 aliphatic heterocycles. The molecule has 0 radical (unpaired) electrons. The molecular formula is C23H35F2N5O. The first kappa shape index (κ1) is 22.4. The molecule has 1 amide bonds. The molecule has 31 heavy (non-hydrogen) atoms. The largest absolute Gasteiger partial charge is 0.355 e. The van der Waals surface area contributed by atoms with Crippen molar-refractivity contribution < 1.29 is 13.6 Å². The summed E-state index contributed by atoms with van der Waals surface area (Å²) >= 11 is 0. The van der Waals surface area contributed by atoms with Gasteiger partial charge in [-0.1, -0.05) is 6.07 Å². The standard InChI is InChI=1S/C23H35F2N5O/c24-15-20(16-25)29-11-7-19(8-12-29)28-9-2-10-30(14-13-28)22-4-1-3-21(27-22)23(31)26-17-18-5-6-18/h1,3-4,18-20H,2,5-17H2,(H,26,31). The lowest BCUT2D eigenvalue weighted by molar-refractivity contribution is 0.0674. The van der Waals surface area contributed by atoms with Crippen molar-refractivity contribution in [1.82, 2.24) is 20.1 Å². The number of piperidine rings is 1. The number of amides is 1. The Hall–Kier alpha value is -1.80. The topological polar surface area (TPSA) is 51.7 Å². The predicted molar refractivity (Wildman–Crippen MR) is 118 cm³/mol. The maximum atomic E-state index is 13.0. The zero-order valence-corrected chi connectivity index (χ0v) is 18.3. The van der Waals surface area contributed by atoms with Gasteiger partial charge in [0.25, 0.3) is 5.91 Å². The predicted octanol–water partition coefficient (Wildman–Crippen LogP) is 2.51. The Morgan fingerprint density at radius 3 is 2.52 bits per heavy atom. The Labute approximate surface area is 184 Å². The van der Waals surface area contributed by atoms with Crippen LogP contribution in [0.5, 0.6) is 0 Å². The molecule has 1 aromatic rings. The van der Waals surface area contributed by atoms with Gasteiger partial charge in [0.2, 0.25) is 0 Å². The summed E-state index contributed by atoms with van der Waals surface area (Å²) in [6.07, 6.45) is 5.39. The highest BCUT2D eigenvalue weighted by molar-refractivity contribution is 5.92. The molecule has 0 spiro atoms. The summed E-state index contributed by atoms with van der Waals surface area (Å²) in [6, 6.07) is 5.59. The van der Waals surface area contributed by atoms with Crippen molar-refractivity contribution in [3.8, 4) is 0 Å². The Balaban J connectivity index is 1.29. The van der Waals surface area contributed by atoms with E-state index in [1.165, 1.54) is 12.8 Å². The van der Waals surface area contributed by atoms with Crippen LogP contribution in [0, 0.1) is 5.92 Å². The Morgan fingerprint density at radius 1 is 1.03 bits per heavy atom.